The molecule has 0 bridgehead atoms. The predicted molar refractivity (Wildman–Crippen MR) is 61.8 cm³/mol. The van der Waals surface area contributed by atoms with Crippen LogP contribution in [-0.4, -0.2) is 18.0 Å². The minimum atomic E-state index is -4.46. The first-order valence-electron chi connectivity index (χ1n) is 5.60. The Kier molecular flexibility index (Phi) is 5.06. The molecule has 1 aromatic rings. The summed E-state index contributed by atoms with van der Waals surface area (Å²) in [4.78, 5) is 22.6. The quantitative estimate of drug-likeness (QED) is 0.812. The molecule has 0 aromatic heterocycles. The maximum atomic E-state index is 12.7. The highest BCUT2D eigenvalue weighted by Gasteiger charge is 2.29. The van der Waals surface area contributed by atoms with Crippen LogP contribution in [0.2, 0.25) is 0 Å². The average molecular weight is 292 g/mol. The van der Waals surface area contributed by atoms with E-state index >= 15 is 0 Å². The zero-order valence-corrected chi connectivity index (χ0v) is 10.2. The van der Waals surface area contributed by atoms with E-state index in [0.29, 0.717) is 0 Å². The molecule has 110 valence electrons. The molecule has 0 aliphatic carbocycles. The number of primary amides is 1. The van der Waals surface area contributed by atoms with Crippen LogP contribution >= 0.6 is 0 Å². The highest BCUT2D eigenvalue weighted by atomic mass is 19.4. The second-order valence-corrected chi connectivity index (χ2v) is 4.07. The van der Waals surface area contributed by atoms with Crippen molar-refractivity contribution in [3.63, 3.8) is 0 Å². The first-order chi connectivity index (χ1) is 9.19. The van der Waals surface area contributed by atoms with Gasteiger partial charge in [-0.3, -0.25) is 9.59 Å². The number of nitrogens with one attached hydrogen (secondary N) is 1. The standard InChI is InChI=1S/C12H12F4N2O2/c13-8-3-1-7(2-4-8)10(11(17)20)18-9(19)5-6-12(14,15)16/h1-4,10H,5-6H2,(H2,17,20)(H,18,19). The molecular weight excluding hydrogens is 280 g/mol. The minimum absolute atomic E-state index is 0.194. The first kappa shape index (κ1) is 15.9. The van der Waals surface area contributed by atoms with E-state index in [-0.39, 0.29) is 5.56 Å². The van der Waals surface area contributed by atoms with Crippen LogP contribution in [0.15, 0.2) is 24.3 Å². The van der Waals surface area contributed by atoms with Gasteiger partial charge in [0.05, 0.1) is 6.42 Å². The molecule has 1 atom stereocenters. The van der Waals surface area contributed by atoms with Gasteiger partial charge in [0.2, 0.25) is 11.8 Å². The fourth-order valence-corrected chi connectivity index (χ4v) is 1.46. The molecule has 1 aromatic carbocycles. The van der Waals surface area contributed by atoms with Gasteiger partial charge < -0.3 is 11.1 Å². The van der Waals surface area contributed by atoms with Crippen LogP contribution in [0.3, 0.4) is 0 Å². The topological polar surface area (TPSA) is 72.2 Å². The second-order valence-electron chi connectivity index (χ2n) is 4.07. The Morgan fingerprint density at radius 3 is 2.20 bits per heavy atom. The van der Waals surface area contributed by atoms with Crippen molar-refractivity contribution in [1.82, 2.24) is 5.32 Å². The SMILES string of the molecule is NC(=O)C(NC(=O)CCC(F)(F)F)c1ccc(F)cc1. The monoisotopic (exact) mass is 292 g/mol. The number of carbonyl (C=O) groups is 2. The van der Waals surface area contributed by atoms with Gasteiger partial charge in [0.25, 0.3) is 0 Å². The lowest BCUT2D eigenvalue weighted by atomic mass is 10.1. The van der Waals surface area contributed by atoms with Gasteiger partial charge in [-0.2, -0.15) is 13.2 Å². The van der Waals surface area contributed by atoms with Crippen LogP contribution < -0.4 is 11.1 Å². The number of hydrogen-bond acceptors (Lipinski definition) is 2. The molecule has 0 aliphatic rings. The summed E-state index contributed by atoms with van der Waals surface area (Å²) in [6.07, 6.45) is -6.57. The molecular formula is C12H12F4N2O2. The number of benzene rings is 1. The summed E-state index contributed by atoms with van der Waals surface area (Å²) in [5.41, 5.74) is 5.26. The summed E-state index contributed by atoms with van der Waals surface area (Å²) >= 11 is 0. The normalized spacial score (nSPS) is 12.8. The molecule has 8 heteroatoms. The van der Waals surface area contributed by atoms with Gasteiger partial charge in [0, 0.05) is 6.42 Å². The van der Waals surface area contributed by atoms with Gasteiger partial charge in [-0.25, -0.2) is 4.39 Å². The maximum absolute atomic E-state index is 12.7. The Balaban J connectivity index is 2.71. The molecule has 4 nitrogen and oxygen atoms in total. The van der Waals surface area contributed by atoms with Gasteiger partial charge in [-0.05, 0) is 17.7 Å². The van der Waals surface area contributed by atoms with Crippen molar-refractivity contribution in [1.29, 1.82) is 0 Å². The van der Waals surface area contributed by atoms with E-state index < -0.39 is 42.7 Å². The molecule has 1 unspecified atom stereocenters. The van der Waals surface area contributed by atoms with Gasteiger partial charge in [0.15, 0.2) is 0 Å². The van der Waals surface area contributed by atoms with Crippen LogP contribution in [0.25, 0.3) is 0 Å². The Morgan fingerprint density at radius 1 is 1.20 bits per heavy atom. The van der Waals surface area contributed by atoms with Gasteiger partial charge in [0.1, 0.15) is 11.9 Å². The zero-order chi connectivity index (χ0) is 15.3. The van der Waals surface area contributed by atoms with Crippen LogP contribution in [-0.2, 0) is 9.59 Å². The molecule has 1 rings (SSSR count). The summed E-state index contributed by atoms with van der Waals surface area (Å²) in [5.74, 6) is -2.47. The lowest BCUT2D eigenvalue weighted by molar-refractivity contribution is -0.144. The summed E-state index contributed by atoms with van der Waals surface area (Å²) in [6, 6.07) is 3.24. The Hall–Kier alpha value is -2.12. The summed E-state index contributed by atoms with van der Waals surface area (Å²) in [5, 5.41) is 2.09. The van der Waals surface area contributed by atoms with Gasteiger partial charge in [-0.15, -0.1) is 0 Å². The van der Waals surface area contributed by atoms with E-state index in [4.69, 9.17) is 5.73 Å². The summed E-state index contributed by atoms with van der Waals surface area (Å²) in [7, 11) is 0. The lowest BCUT2D eigenvalue weighted by Crippen LogP contribution is -2.37. The molecule has 2 amide bonds. The average Bonchev–Trinajstić information content (AvgIpc) is 2.33. The van der Waals surface area contributed by atoms with E-state index in [1.54, 1.807) is 0 Å². The van der Waals surface area contributed by atoms with Crippen molar-refractivity contribution in [3.05, 3.63) is 35.6 Å². The van der Waals surface area contributed by atoms with Crippen molar-refractivity contribution >= 4 is 11.8 Å². The number of hydrogen-bond donors (Lipinski definition) is 2. The number of rotatable bonds is 5. The predicted octanol–water partition coefficient (Wildman–Crippen LogP) is 1.81. The maximum Gasteiger partial charge on any atom is 0.389 e. The molecule has 0 radical (unpaired) electrons. The number of amides is 2. The van der Waals surface area contributed by atoms with E-state index in [1.807, 2.05) is 0 Å². The Morgan fingerprint density at radius 2 is 1.75 bits per heavy atom. The fraction of sp³-hybridized carbons (Fsp3) is 0.333. The Labute approximate surface area is 111 Å². The second kappa shape index (κ2) is 6.36. The molecule has 0 fully saturated rings. The molecule has 0 aliphatic heterocycles. The van der Waals surface area contributed by atoms with Crippen molar-refractivity contribution in [2.75, 3.05) is 0 Å². The highest BCUT2D eigenvalue weighted by Crippen LogP contribution is 2.21. The van der Waals surface area contributed by atoms with E-state index in [2.05, 4.69) is 5.32 Å². The van der Waals surface area contributed by atoms with Crippen LogP contribution in [0.1, 0.15) is 24.4 Å². The van der Waals surface area contributed by atoms with Crippen LogP contribution in [0, 0.1) is 5.82 Å². The molecule has 20 heavy (non-hydrogen) atoms. The summed E-state index contributed by atoms with van der Waals surface area (Å²) < 4.78 is 48.6. The van der Waals surface area contributed by atoms with Crippen molar-refractivity contribution < 1.29 is 27.2 Å². The van der Waals surface area contributed by atoms with Crippen molar-refractivity contribution in [2.45, 2.75) is 25.1 Å². The third-order valence-electron chi connectivity index (χ3n) is 2.43. The van der Waals surface area contributed by atoms with E-state index in [1.165, 1.54) is 12.1 Å². The van der Waals surface area contributed by atoms with E-state index in [9.17, 15) is 27.2 Å². The minimum Gasteiger partial charge on any atom is -0.368 e. The molecule has 3 N–H and O–H groups in total. The van der Waals surface area contributed by atoms with Gasteiger partial charge >= 0.3 is 6.18 Å². The lowest BCUT2D eigenvalue weighted by Gasteiger charge is -2.16. The smallest absolute Gasteiger partial charge is 0.368 e. The number of alkyl halides is 3. The molecule has 0 saturated carbocycles. The third kappa shape index (κ3) is 5.25. The zero-order valence-electron chi connectivity index (χ0n) is 10.2. The summed E-state index contributed by atoms with van der Waals surface area (Å²) in [6.45, 7) is 0. The first-order valence-corrected chi connectivity index (χ1v) is 5.60. The third-order valence-corrected chi connectivity index (χ3v) is 2.43. The highest BCUT2D eigenvalue weighted by molar-refractivity contribution is 5.87. The Bertz CT molecular complexity index is 485. The fourth-order valence-electron chi connectivity index (χ4n) is 1.46. The van der Waals surface area contributed by atoms with Crippen molar-refractivity contribution in [3.8, 4) is 0 Å². The van der Waals surface area contributed by atoms with Crippen LogP contribution in [0.5, 0.6) is 0 Å². The number of carbonyl (C=O) groups excluding carboxylic acids is 2. The largest absolute Gasteiger partial charge is 0.389 e. The van der Waals surface area contributed by atoms with E-state index in [0.717, 1.165) is 12.1 Å². The molecule has 0 saturated heterocycles. The van der Waals surface area contributed by atoms with Gasteiger partial charge in [-0.1, -0.05) is 12.1 Å². The van der Waals surface area contributed by atoms with Crippen LogP contribution in [0.4, 0.5) is 17.6 Å². The number of nitrogens with two attached hydrogens (primary N) is 1. The number of halogens is 4. The molecule has 0 heterocycles. The molecule has 0 spiro atoms. The van der Waals surface area contributed by atoms with Crippen molar-refractivity contribution in [2.24, 2.45) is 5.73 Å².